The number of hydrogen-bond acceptors (Lipinski definition) is 3. The topological polar surface area (TPSA) is 41.5 Å². The van der Waals surface area contributed by atoms with Crippen molar-refractivity contribution in [3.05, 3.63) is 34.3 Å². The summed E-state index contributed by atoms with van der Waals surface area (Å²) in [5, 5.41) is 13.7. The number of aliphatic hydroxyl groups excluding tert-OH is 1. The van der Waals surface area contributed by atoms with Gasteiger partial charge in [-0.25, -0.2) is 0 Å². The first kappa shape index (κ1) is 16.9. The predicted octanol–water partition coefficient (Wildman–Crippen LogP) is 3.64. The Hall–Kier alpha value is -0.420. The highest BCUT2D eigenvalue weighted by atomic mass is 79.9. The van der Waals surface area contributed by atoms with Crippen molar-refractivity contribution in [3.8, 4) is 0 Å². The van der Waals surface area contributed by atoms with Gasteiger partial charge in [-0.1, -0.05) is 40.9 Å². The zero-order valence-electron chi connectivity index (χ0n) is 12.9. The van der Waals surface area contributed by atoms with E-state index in [9.17, 15) is 5.11 Å². The molecule has 1 atom stereocenters. The summed E-state index contributed by atoms with van der Waals surface area (Å²) in [6.07, 6.45) is 4.98. The van der Waals surface area contributed by atoms with Gasteiger partial charge in [-0.3, -0.25) is 0 Å². The third-order valence-electron chi connectivity index (χ3n) is 4.12. The van der Waals surface area contributed by atoms with Crippen LogP contribution >= 0.6 is 15.9 Å². The minimum absolute atomic E-state index is 0.228. The molecule has 2 N–H and O–H groups in total. The highest BCUT2D eigenvalue weighted by Gasteiger charge is 2.31. The summed E-state index contributed by atoms with van der Waals surface area (Å²) in [5.41, 5.74) is 0.841. The van der Waals surface area contributed by atoms with Crippen molar-refractivity contribution in [2.75, 3.05) is 6.54 Å². The second-order valence-corrected chi connectivity index (χ2v) is 7.34. The number of halogens is 1. The summed E-state index contributed by atoms with van der Waals surface area (Å²) < 4.78 is 6.88. The first-order chi connectivity index (χ1) is 9.97. The van der Waals surface area contributed by atoms with Crippen LogP contribution in [0.3, 0.4) is 0 Å². The van der Waals surface area contributed by atoms with E-state index in [1.807, 2.05) is 26.0 Å². The van der Waals surface area contributed by atoms with E-state index in [0.717, 1.165) is 30.3 Å². The van der Waals surface area contributed by atoms with Crippen molar-refractivity contribution >= 4 is 15.9 Å². The van der Waals surface area contributed by atoms with Gasteiger partial charge < -0.3 is 15.2 Å². The average molecular weight is 356 g/mol. The van der Waals surface area contributed by atoms with Gasteiger partial charge >= 0.3 is 0 Å². The fraction of sp³-hybridized carbons (Fsp3) is 0.647. The molecule has 1 aliphatic carbocycles. The molecule has 1 aromatic rings. The van der Waals surface area contributed by atoms with E-state index >= 15 is 0 Å². The molecule has 1 unspecified atom stereocenters. The quantitative estimate of drug-likeness (QED) is 0.733. The Balaban J connectivity index is 1.77. The van der Waals surface area contributed by atoms with E-state index in [2.05, 4.69) is 33.4 Å². The lowest BCUT2D eigenvalue weighted by molar-refractivity contribution is -0.171. The van der Waals surface area contributed by atoms with Gasteiger partial charge in [0.2, 0.25) is 0 Å². The lowest BCUT2D eigenvalue weighted by atomic mass is 10.0. The largest absolute Gasteiger partial charge is 0.366 e. The van der Waals surface area contributed by atoms with Crippen molar-refractivity contribution in [1.82, 2.24) is 5.32 Å². The molecule has 118 valence electrons. The maximum Gasteiger partial charge on any atom is 0.172 e. The Labute approximate surface area is 136 Å². The lowest BCUT2D eigenvalue weighted by Gasteiger charge is -2.33. The SMILES string of the molecule is CC(C)(NCCc1cccc(Br)c1)C(O)OC1CCCC1. The van der Waals surface area contributed by atoms with Gasteiger partial charge in [0.05, 0.1) is 11.6 Å². The monoisotopic (exact) mass is 355 g/mol. The summed E-state index contributed by atoms with van der Waals surface area (Å²) in [6.45, 7) is 4.80. The molecule has 0 spiro atoms. The van der Waals surface area contributed by atoms with Gasteiger partial charge in [0.1, 0.15) is 0 Å². The molecule has 4 heteroatoms. The normalized spacial score (nSPS) is 18.1. The standard InChI is InChI=1S/C17H26BrNO2/c1-17(2,16(20)21-15-8-3-4-9-15)19-11-10-13-6-5-7-14(18)12-13/h5-7,12,15-16,19-20H,3-4,8-11H2,1-2H3. The van der Waals surface area contributed by atoms with Crippen molar-refractivity contribution in [2.24, 2.45) is 0 Å². The van der Waals surface area contributed by atoms with Crippen LogP contribution in [0.4, 0.5) is 0 Å². The molecular formula is C17H26BrNO2. The molecular weight excluding hydrogens is 330 g/mol. The van der Waals surface area contributed by atoms with Crippen LogP contribution in [0.2, 0.25) is 0 Å². The van der Waals surface area contributed by atoms with Crippen LogP contribution in [0.5, 0.6) is 0 Å². The second-order valence-electron chi connectivity index (χ2n) is 6.42. The van der Waals surface area contributed by atoms with Crippen LogP contribution in [0.25, 0.3) is 0 Å². The Kier molecular flexibility index (Phi) is 6.23. The van der Waals surface area contributed by atoms with Crippen molar-refractivity contribution < 1.29 is 9.84 Å². The number of hydrogen-bond donors (Lipinski definition) is 2. The molecule has 1 fully saturated rings. The first-order valence-corrected chi connectivity index (χ1v) is 8.60. The van der Waals surface area contributed by atoms with Crippen LogP contribution in [-0.4, -0.2) is 29.6 Å². The van der Waals surface area contributed by atoms with Crippen LogP contribution < -0.4 is 5.32 Å². The van der Waals surface area contributed by atoms with Gasteiger partial charge in [-0.2, -0.15) is 0 Å². The van der Waals surface area contributed by atoms with Gasteiger partial charge in [0.25, 0.3) is 0 Å². The summed E-state index contributed by atoms with van der Waals surface area (Å²) in [4.78, 5) is 0. The smallest absolute Gasteiger partial charge is 0.172 e. The molecule has 0 heterocycles. The fourth-order valence-electron chi connectivity index (χ4n) is 2.69. The molecule has 3 nitrogen and oxygen atoms in total. The Morgan fingerprint density at radius 3 is 2.76 bits per heavy atom. The van der Waals surface area contributed by atoms with Crippen LogP contribution in [0.15, 0.2) is 28.7 Å². The van der Waals surface area contributed by atoms with Gasteiger partial charge in [-0.15, -0.1) is 0 Å². The molecule has 0 saturated heterocycles. The number of ether oxygens (including phenoxy) is 1. The molecule has 0 aromatic heterocycles. The van der Waals surface area contributed by atoms with Crippen LogP contribution in [-0.2, 0) is 11.2 Å². The maximum absolute atomic E-state index is 10.3. The molecule has 1 aliphatic rings. The number of nitrogens with one attached hydrogen (secondary N) is 1. The highest BCUT2D eigenvalue weighted by Crippen LogP contribution is 2.24. The van der Waals surface area contributed by atoms with Gasteiger partial charge in [0.15, 0.2) is 6.29 Å². The Morgan fingerprint density at radius 1 is 1.38 bits per heavy atom. The van der Waals surface area contributed by atoms with Gasteiger partial charge in [0, 0.05) is 4.47 Å². The molecule has 1 saturated carbocycles. The number of aliphatic hydroxyl groups is 1. The minimum atomic E-state index is -0.761. The highest BCUT2D eigenvalue weighted by molar-refractivity contribution is 9.10. The first-order valence-electron chi connectivity index (χ1n) is 7.80. The van der Waals surface area contributed by atoms with E-state index in [1.54, 1.807) is 0 Å². The third kappa shape index (κ3) is 5.37. The lowest BCUT2D eigenvalue weighted by Crippen LogP contribution is -2.52. The Bertz CT molecular complexity index is 444. The van der Waals surface area contributed by atoms with E-state index in [1.165, 1.54) is 18.4 Å². The molecule has 0 bridgehead atoms. The minimum Gasteiger partial charge on any atom is -0.366 e. The molecule has 2 rings (SSSR count). The van der Waals surface area contributed by atoms with Crippen molar-refractivity contribution in [2.45, 2.75) is 63.9 Å². The molecule has 0 amide bonds. The van der Waals surface area contributed by atoms with E-state index in [0.29, 0.717) is 0 Å². The number of benzene rings is 1. The van der Waals surface area contributed by atoms with Crippen molar-refractivity contribution in [3.63, 3.8) is 0 Å². The summed E-state index contributed by atoms with van der Waals surface area (Å²) >= 11 is 3.49. The zero-order chi connectivity index (χ0) is 15.3. The average Bonchev–Trinajstić information content (AvgIpc) is 2.91. The summed E-state index contributed by atoms with van der Waals surface area (Å²) in [7, 11) is 0. The molecule has 1 aromatic carbocycles. The van der Waals surface area contributed by atoms with E-state index in [4.69, 9.17) is 4.74 Å². The Morgan fingerprint density at radius 2 is 2.10 bits per heavy atom. The number of rotatable bonds is 7. The maximum atomic E-state index is 10.3. The van der Waals surface area contributed by atoms with Crippen LogP contribution in [0, 0.1) is 0 Å². The predicted molar refractivity (Wildman–Crippen MR) is 89.3 cm³/mol. The summed E-state index contributed by atoms with van der Waals surface area (Å²) in [6, 6.07) is 8.31. The molecule has 0 aliphatic heterocycles. The van der Waals surface area contributed by atoms with Gasteiger partial charge in [-0.05, 0) is 57.4 Å². The van der Waals surface area contributed by atoms with E-state index in [-0.39, 0.29) is 6.10 Å². The summed E-state index contributed by atoms with van der Waals surface area (Å²) in [5.74, 6) is 0. The fourth-order valence-corrected chi connectivity index (χ4v) is 3.13. The van der Waals surface area contributed by atoms with E-state index < -0.39 is 11.8 Å². The zero-order valence-corrected chi connectivity index (χ0v) is 14.5. The van der Waals surface area contributed by atoms with Crippen LogP contribution in [0.1, 0.15) is 45.1 Å². The third-order valence-corrected chi connectivity index (χ3v) is 4.62. The second kappa shape index (κ2) is 7.73. The molecule has 21 heavy (non-hydrogen) atoms. The van der Waals surface area contributed by atoms with Crippen molar-refractivity contribution in [1.29, 1.82) is 0 Å². The molecule has 0 radical (unpaired) electrons.